The number of hydrogen-bond acceptors (Lipinski definition) is 3. The topological polar surface area (TPSA) is 66.5 Å². The zero-order valence-corrected chi connectivity index (χ0v) is 12.7. The number of carbonyl (C=O) groups is 1. The van der Waals surface area contributed by atoms with Gasteiger partial charge in [-0.25, -0.2) is 17.5 Å². The van der Waals surface area contributed by atoms with Crippen LogP contribution in [0.2, 0.25) is 0 Å². The Bertz CT molecular complexity index is 610. The maximum absolute atomic E-state index is 13.5. The SMILES string of the molecule is CS(=O)(=O)NC1CCN(C(=O)Cc2ccccc2F)CC1. The highest BCUT2D eigenvalue weighted by Crippen LogP contribution is 2.14. The number of piperidine rings is 1. The average molecular weight is 314 g/mol. The lowest BCUT2D eigenvalue weighted by molar-refractivity contribution is -0.131. The van der Waals surface area contributed by atoms with Crippen molar-refractivity contribution in [3.05, 3.63) is 35.6 Å². The molecule has 116 valence electrons. The molecule has 5 nitrogen and oxygen atoms in total. The van der Waals surface area contributed by atoms with Crippen molar-refractivity contribution in [3.8, 4) is 0 Å². The molecule has 1 aliphatic rings. The highest BCUT2D eigenvalue weighted by Gasteiger charge is 2.24. The van der Waals surface area contributed by atoms with Crippen molar-refractivity contribution in [3.63, 3.8) is 0 Å². The van der Waals surface area contributed by atoms with Crippen LogP contribution in [0.4, 0.5) is 4.39 Å². The molecule has 1 heterocycles. The molecule has 1 aliphatic heterocycles. The summed E-state index contributed by atoms with van der Waals surface area (Å²) < 4.78 is 38.4. The summed E-state index contributed by atoms with van der Waals surface area (Å²) in [5.74, 6) is -0.502. The Hall–Kier alpha value is -1.47. The Morgan fingerprint density at radius 3 is 2.52 bits per heavy atom. The third kappa shape index (κ3) is 4.78. The maximum Gasteiger partial charge on any atom is 0.227 e. The zero-order valence-electron chi connectivity index (χ0n) is 11.9. The number of likely N-dealkylation sites (tertiary alicyclic amines) is 1. The van der Waals surface area contributed by atoms with Gasteiger partial charge in [0.25, 0.3) is 0 Å². The second kappa shape index (κ2) is 6.53. The van der Waals surface area contributed by atoms with Crippen LogP contribution in [0.15, 0.2) is 24.3 Å². The molecule has 0 radical (unpaired) electrons. The van der Waals surface area contributed by atoms with Gasteiger partial charge in [-0.3, -0.25) is 4.79 Å². The molecule has 0 bridgehead atoms. The maximum atomic E-state index is 13.5. The van der Waals surface area contributed by atoms with Crippen LogP contribution in [-0.2, 0) is 21.2 Å². The van der Waals surface area contributed by atoms with E-state index in [4.69, 9.17) is 0 Å². The standard InChI is InChI=1S/C14H19FN2O3S/c1-21(19,20)16-12-6-8-17(9-7-12)14(18)10-11-4-2-3-5-13(11)15/h2-5,12,16H,6-10H2,1H3. The van der Waals surface area contributed by atoms with E-state index in [2.05, 4.69) is 4.72 Å². The van der Waals surface area contributed by atoms with Crippen molar-refractivity contribution in [1.29, 1.82) is 0 Å². The number of hydrogen-bond donors (Lipinski definition) is 1. The molecule has 0 atom stereocenters. The first-order valence-corrected chi connectivity index (χ1v) is 8.73. The van der Waals surface area contributed by atoms with Gasteiger partial charge in [-0.05, 0) is 24.5 Å². The van der Waals surface area contributed by atoms with Crippen LogP contribution in [0.5, 0.6) is 0 Å². The fourth-order valence-electron chi connectivity index (χ4n) is 2.47. The fraction of sp³-hybridized carbons (Fsp3) is 0.500. The van der Waals surface area contributed by atoms with E-state index in [1.165, 1.54) is 6.07 Å². The minimum atomic E-state index is -3.22. The van der Waals surface area contributed by atoms with Crippen LogP contribution in [-0.4, -0.2) is 44.6 Å². The van der Waals surface area contributed by atoms with Gasteiger partial charge in [0.2, 0.25) is 15.9 Å². The average Bonchev–Trinajstić information content (AvgIpc) is 2.40. The third-order valence-electron chi connectivity index (χ3n) is 3.53. The van der Waals surface area contributed by atoms with Crippen LogP contribution >= 0.6 is 0 Å². The number of carbonyl (C=O) groups excluding carboxylic acids is 1. The monoisotopic (exact) mass is 314 g/mol. The number of benzene rings is 1. The molecule has 1 fully saturated rings. The van der Waals surface area contributed by atoms with Crippen LogP contribution in [0.3, 0.4) is 0 Å². The quantitative estimate of drug-likeness (QED) is 0.898. The van der Waals surface area contributed by atoms with Crippen molar-refractivity contribution >= 4 is 15.9 Å². The van der Waals surface area contributed by atoms with Gasteiger partial charge in [-0.1, -0.05) is 18.2 Å². The van der Waals surface area contributed by atoms with E-state index in [1.54, 1.807) is 23.1 Å². The third-order valence-corrected chi connectivity index (χ3v) is 4.29. The lowest BCUT2D eigenvalue weighted by Gasteiger charge is -2.32. The van der Waals surface area contributed by atoms with E-state index in [9.17, 15) is 17.6 Å². The summed E-state index contributed by atoms with van der Waals surface area (Å²) in [5, 5.41) is 0. The van der Waals surface area contributed by atoms with Crippen molar-refractivity contribution < 1.29 is 17.6 Å². The molecule has 0 unspecified atom stereocenters. The molecular formula is C14H19FN2O3S. The molecule has 1 aromatic carbocycles. The van der Waals surface area contributed by atoms with Crippen LogP contribution in [0, 0.1) is 5.82 Å². The Kier molecular flexibility index (Phi) is 4.95. The molecule has 0 saturated carbocycles. The van der Waals surface area contributed by atoms with E-state index >= 15 is 0 Å². The smallest absolute Gasteiger partial charge is 0.227 e. The summed E-state index contributed by atoms with van der Waals surface area (Å²) in [6, 6.07) is 6.10. The van der Waals surface area contributed by atoms with E-state index in [0.29, 0.717) is 31.5 Å². The van der Waals surface area contributed by atoms with Crippen molar-refractivity contribution in [2.45, 2.75) is 25.3 Å². The summed E-state index contributed by atoms with van der Waals surface area (Å²) in [4.78, 5) is 13.8. The van der Waals surface area contributed by atoms with Crippen LogP contribution in [0.1, 0.15) is 18.4 Å². The predicted molar refractivity (Wildman–Crippen MR) is 77.7 cm³/mol. The number of nitrogens with zero attached hydrogens (tertiary/aromatic N) is 1. The second-order valence-electron chi connectivity index (χ2n) is 5.31. The molecule has 21 heavy (non-hydrogen) atoms. The van der Waals surface area contributed by atoms with E-state index in [1.807, 2.05) is 0 Å². The first-order chi connectivity index (χ1) is 9.85. The Balaban J connectivity index is 1.88. The molecule has 0 aliphatic carbocycles. The first-order valence-electron chi connectivity index (χ1n) is 6.83. The van der Waals surface area contributed by atoms with Gasteiger partial charge in [0.15, 0.2) is 0 Å². The Morgan fingerprint density at radius 2 is 1.95 bits per heavy atom. The number of halogens is 1. The van der Waals surface area contributed by atoms with Gasteiger partial charge < -0.3 is 4.90 Å². The molecule has 1 amide bonds. The molecule has 1 N–H and O–H groups in total. The van der Waals surface area contributed by atoms with Crippen molar-refractivity contribution in [1.82, 2.24) is 9.62 Å². The molecule has 0 spiro atoms. The lowest BCUT2D eigenvalue weighted by Crippen LogP contribution is -2.46. The van der Waals surface area contributed by atoms with Gasteiger partial charge in [-0.2, -0.15) is 0 Å². The normalized spacial score (nSPS) is 17.0. The summed E-state index contributed by atoms with van der Waals surface area (Å²) in [6.07, 6.45) is 2.33. The minimum absolute atomic E-state index is 0.0385. The summed E-state index contributed by atoms with van der Waals surface area (Å²) in [7, 11) is -3.22. The molecule has 1 saturated heterocycles. The van der Waals surface area contributed by atoms with Crippen molar-refractivity contribution in [2.75, 3.05) is 19.3 Å². The lowest BCUT2D eigenvalue weighted by atomic mass is 10.0. The summed E-state index contributed by atoms with van der Waals surface area (Å²) >= 11 is 0. The highest BCUT2D eigenvalue weighted by atomic mass is 32.2. The fourth-order valence-corrected chi connectivity index (χ4v) is 3.31. The first kappa shape index (κ1) is 15.9. The van der Waals surface area contributed by atoms with Gasteiger partial charge in [0.05, 0.1) is 12.7 Å². The summed E-state index contributed by atoms with van der Waals surface area (Å²) in [5.41, 5.74) is 0.388. The summed E-state index contributed by atoms with van der Waals surface area (Å²) in [6.45, 7) is 0.973. The number of amides is 1. The molecule has 1 aromatic rings. The van der Waals surface area contributed by atoms with E-state index in [-0.39, 0.29) is 24.2 Å². The molecule has 0 aromatic heterocycles. The number of nitrogens with one attached hydrogen (secondary N) is 1. The van der Waals surface area contributed by atoms with E-state index in [0.717, 1.165) is 6.26 Å². The van der Waals surface area contributed by atoms with E-state index < -0.39 is 10.0 Å². The number of rotatable bonds is 4. The van der Waals surface area contributed by atoms with Gasteiger partial charge in [0, 0.05) is 19.1 Å². The van der Waals surface area contributed by atoms with Crippen LogP contribution in [0.25, 0.3) is 0 Å². The Labute approximate surface area is 124 Å². The largest absolute Gasteiger partial charge is 0.342 e. The van der Waals surface area contributed by atoms with Crippen molar-refractivity contribution in [2.24, 2.45) is 0 Å². The van der Waals surface area contributed by atoms with Gasteiger partial charge in [-0.15, -0.1) is 0 Å². The second-order valence-corrected chi connectivity index (χ2v) is 7.09. The molecule has 2 rings (SSSR count). The Morgan fingerprint density at radius 1 is 1.33 bits per heavy atom. The molecular weight excluding hydrogens is 295 g/mol. The van der Waals surface area contributed by atoms with Gasteiger partial charge >= 0.3 is 0 Å². The van der Waals surface area contributed by atoms with Crippen LogP contribution < -0.4 is 4.72 Å². The predicted octanol–water partition coefficient (Wildman–Crippen LogP) is 0.908. The highest BCUT2D eigenvalue weighted by molar-refractivity contribution is 7.88. The molecule has 7 heteroatoms. The minimum Gasteiger partial charge on any atom is -0.342 e. The number of sulfonamides is 1. The van der Waals surface area contributed by atoms with Gasteiger partial charge in [0.1, 0.15) is 5.82 Å². The zero-order chi connectivity index (χ0) is 15.5.